The number of sulfonamides is 1. The number of rotatable bonds is 9. The summed E-state index contributed by atoms with van der Waals surface area (Å²) in [5.74, 6) is 0.544. The first-order chi connectivity index (χ1) is 13.4. The number of unbranched alkanes of at least 4 members (excludes halogenated alkanes) is 1. The molecule has 0 aromatic heterocycles. The van der Waals surface area contributed by atoms with Gasteiger partial charge in [-0.2, -0.15) is 0 Å². The summed E-state index contributed by atoms with van der Waals surface area (Å²) in [7, 11) is -3.52. The summed E-state index contributed by atoms with van der Waals surface area (Å²) in [6.07, 6.45) is 11.2. The second-order valence-electron chi connectivity index (χ2n) is 8.29. The maximum absolute atomic E-state index is 12.9. The minimum atomic E-state index is -3.52. The van der Waals surface area contributed by atoms with E-state index in [0.717, 1.165) is 31.2 Å². The van der Waals surface area contributed by atoms with Crippen molar-refractivity contribution in [1.82, 2.24) is 4.72 Å². The van der Waals surface area contributed by atoms with E-state index in [2.05, 4.69) is 16.9 Å². The van der Waals surface area contributed by atoms with Crippen LogP contribution in [0.15, 0.2) is 41.3 Å². The molecule has 0 radical (unpaired) electrons. The lowest BCUT2D eigenvalue weighted by molar-refractivity contribution is -0.137. The van der Waals surface area contributed by atoms with Gasteiger partial charge in [-0.15, -0.1) is 0 Å². The van der Waals surface area contributed by atoms with E-state index in [0.29, 0.717) is 29.1 Å². The molecule has 0 heterocycles. The smallest absolute Gasteiger partial charge is 0.303 e. The lowest BCUT2D eigenvalue weighted by Crippen LogP contribution is -2.53. The van der Waals surface area contributed by atoms with Crippen LogP contribution in [0.1, 0.15) is 56.9 Å². The number of benzene rings is 1. The number of aliphatic carboxylic acids is 1. The zero-order valence-corrected chi connectivity index (χ0v) is 17.3. The lowest BCUT2D eigenvalue weighted by atomic mass is 9.61. The molecule has 3 aliphatic rings. The molecule has 6 heteroatoms. The highest BCUT2D eigenvalue weighted by molar-refractivity contribution is 7.89. The van der Waals surface area contributed by atoms with Gasteiger partial charge in [-0.3, -0.25) is 4.79 Å². The Kier molecular flexibility index (Phi) is 6.94. The average molecular weight is 406 g/mol. The van der Waals surface area contributed by atoms with E-state index in [-0.39, 0.29) is 12.5 Å². The highest BCUT2D eigenvalue weighted by atomic mass is 32.2. The van der Waals surface area contributed by atoms with Gasteiger partial charge >= 0.3 is 5.97 Å². The normalized spacial score (nSPS) is 27.3. The third kappa shape index (κ3) is 5.23. The number of hydrogen-bond donors (Lipinski definition) is 2. The number of allylic oxidation sites excluding steroid dienone is 2. The van der Waals surface area contributed by atoms with E-state index in [1.54, 1.807) is 12.1 Å². The van der Waals surface area contributed by atoms with Crippen molar-refractivity contribution < 1.29 is 18.3 Å². The van der Waals surface area contributed by atoms with E-state index >= 15 is 0 Å². The minimum Gasteiger partial charge on any atom is -0.481 e. The molecule has 28 heavy (non-hydrogen) atoms. The molecule has 0 aliphatic heterocycles. The number of hydrogen-bond acceptors (Lipinski definition) is 3. The molecule has 5 nitrogen and oxygen atoms in total. The SMILES string of the molecule is Cc1ccc(S(=O)(=O)NC2C3CCC(CC3)[C@@H]2CC=CCCCC(=O)O)cc1. The van der Waals surface area contributed by atoms with Gasteiger partial charge in [0.25, 0.3) is 0 Å². The molecule has 3 aliphatic carbocycles. The van der Waals surface area contributed by atoms with Crippen LogP contribution in [-0.4, -0.2) is 25.5 Å². The fourth-order valence-electron chi connectivity index (χ4n) is 4.80. The predicted molar refractivity (Wildman–Crippen MR) is 109 cm³/mol. The van der Waals surface area contributed by atoms with Crippen molar-refractivity contribution in [1.29, 1.82) is 0 Å². The second kappa shape index (κ2) is 9.23. The van der Waals surface area contributed by atoms with Gasteiger partial charge in [-0.05, 0) is 81.8 Å². The molecular formula is C22H31NO4S. The molecule has 3 fully saturated rings. The van der Waals surface area contributed by atoms with Gasteiger partial charge in [0.05, 0.1) is 4.90 Å². The van der Waals surface area contributed by atoms with Crippen LogP contribution in [0.5, 0.6) is 0 Å². The van der Waals surface area contributed by atoms with Crippen molar-refractivity contribution in [2.24, 2.45) is 17.8 Å². The molecule has 0 spiro atoms. The monoisotopic (exact) mass is 405 g/mol. The summed E-state index contributed by atoms with van der Waals surface area (Å²) < 4.78 is 28.9. The third-order valence-electron chi connectivity index (χ3n) is 6.35. The Labute approximate surface area is 168 Å². The first kappa shape index (κ1) is 21.1. The Morgan fingerprint density at radius 2 is 1.75 bits per heavy atom. The molecule has 0 amide bonds. The van der Waals surface area contributed by atoms with Gasteiger partial charge in [-0.25, -0.2) is 13.1 Å². The predicted octanol–water partition coefficient (Wildman–Crippen LogP) is 4.28. The van der Waals surface area contributed by atoms with Crippen molar-refractivity contribution >= 4 is 16.0 Å². The maximum Gasteiger partial charge on any atom is 0.303 e. The summed E-state index contributed by atoms with van der Waals surface area (Å²) in [5.41, 5.74) is 1.04. The Balaban J connectivity index is 1.66. The Morgan fingerprint density at radius 3 is 2.39 bits per heavy atom. The van der Waals surface area contributed by atoms with E-state index in [1.165, 1.54) is 12.8 Å². The molecule has 2 N–H and O–H groups in total. The van der Waals surface area contributed by atoms with Crippen LogP contribution in [0, 0.1) is 24.7 Å². The zero-order valence-electron chi connectivity index (χ0n) is 16.5. The second-order valence-corrected chi connectivity index (χ2v) is 10.0. The number of carbonyl (C=O) groups is 1. The first-order valence-corrected chi connectivity index (χ1v) is 11.8. The van der Waals surface area contributed by atoms with Crippen molar-refractivity contribution in [3.63, 3.8) is 0 Å². The van der Waals surface area contributed by atoms with Gasteiger partial charge in [0.15, 0.2) is 0 Å². The molecule has 1 aromatic rings. The van der Waals surface area contributed by atoms with Crippen LogP contribution in [-0.2, 0) is 14.8 Å². The highest BCUT2D eigenvalue weighted by Gasteiger charge is 2.44. The van der Waals surface area contributed by atoms with Crippen molar-refractivity contribution in [3.8, 4) is 0 Å². The summed E-state index contributed by atoms with van der Waals surface area (Å²) in [6.45, 7) is 1.95. The van der Waals surface area contributed by atoms with E-state index in [9.17, 15) is 13.2 Å². The quantitative estimate of drug-likeness (QED) is 0.474. The van der Waals surface area contributed by atoms with Crippen LogP contribution in [0.25, 0.3) is 0 Å². The molecule has 3 saturated carbocycles. The van der Waals surface area contributed by atoms with Gasteiger partial charge in [0.2, 0.25) is 10.0 Å². The summed E-state index contributed by atoms with van der Waals surface area (Å²) in [5, 5.41) is 8.71. The largest absolute Gasteiger partial charge is 0.481 e. The third-order valence-corrected chi connectivity index (χ3v) is 7.83. The Bertz CT molecular complexity index is 792. The summed E-state index contributed by atoms with van der Waals surface area (Å²) in [6, 6.07) is 7.01. The molecule has 154 valence electrons. The number of nitrogens with one attached hydrogen (secondary N) is 1. The number of carboxylic acid groups (broad SMARTS) is 1. The van der Waals surface area contributed by atoms with Crippen molar-refractivity contribution in [2.75, 3.05) is 0 Å². The van der Waals surface area contributed by atoms with Crippen molar-refractivity contribution in [3.05, 3.63) is 42.0 Å². The maximum atomic E-state index is 12.9. The van der Waals surface area contributed by atoms with Gasteiger partial charge in [0.1, 0.15) is 0 Å². The zero-order chi connectivity index (χ0) is 20.1. The van der Waals surface area contributed by atoms with E-state index in [1.807, 2.05) is 19.1 Å². The number of carboxylic acids is 1. The van der Waals surface area contributed by atoms with Gasteiger partial charge in [0, 0.05) is 12.5 Å². The number of aryl methyl sites for hydroxylation is 1. The molecule has 1 unspecified atom stereocenters. The minimum absolute atomic E-state index is 0.0116. The van der Waals surface area contributed by atoms with E-state index < -0.39 is 16.0 Å². The molecule has 2 atom stereocenters. The standard InChI is InChI=1S/C22H31NO4S/c1-16-8-14-19(15-9-16)28(26,27)23-22-18-12-10-17(11-13-18)20(22)6-4-2-3-5-7-21(24)25/h2,4,8-9,14-15,17-18,20,22-23H,3,5-7,10-13H2,1H3,(H,24,25)/t17?,18?,20-,22?/m0/s1. The van der Waals surface area contributed by atoms with Crippen LogP contribution in [0.2, 0.25) is 0 Å². The summed E-state index contributed by atoms with van der Waals surface area (Å²) >= 11 is 0. The first-order valence-electron chi connectivity index (χ1n) is 10.3. The lowest BCUT2D eigenvalue weighted by Gasteiger charge is -2.48. The molecule has 1 aromatic carbocycles. The van der Waals surface area contributed by atoms with Crippen LogP contribution in [0.4, 0.5) is 0 Å². The number of fused-ring (bicyclic) bond motifs is 3. The van der Waals surface area contributed by atoms with Crippen LogP contribution in [0.3, 0.4) is 0 Å². The average Bonchev–Trinajstić information content (AvgIpc) is 2.66. The van der Waals surface area contributed by atoms with Crippen LogP contribution >= 0.6 is 0 Å². The molecule has 2 bridgehead atoms. The Hall–Kier alpha value is -1.66. The van der Waals surface area contributed by atoms with E-state index in [4.69, 9.17) is 5.11 Å². The molecular weight excluding hydrogens is 374 g/mol. The highest BCUT2D eigenvalue weighted by Crippen LogP contribution is 2.47. The topological polar surface area (TPSA) is 83.5 Å². The van der Waals surface area contributed by atoms with Gasteiger partial charge < -0.3 is 5.11 Å². The fourth-order valence-corrected chi connectivity index (χ4v) is 6.16. The molecule has 4 rings (SSSR count). The van der Waals surface area contributed by atoms with Gasteiger partial charge in [-0.1, -0.05) is 29.8 Å². The van der Waals surface area contributed by atoms with Crippen LogP contribution < -0.4 is 4.72 Å². The molecule has 0 saturated heterocycles. The fraction of sp³-hybridized carbons (Fsp3) is 0.591. The Morgan fingerprint density at radius 1 is 1.11 bits per heavy atom. The van der Waals surface area contributed by atoms with Crippen molar-refractivity contribution in [2.45, 2.75) is 69.2 Å². The summed E-state index contributed by atoms with van der Waals surface area (Å²) in [4.78, 5) is 10.9.